The van der Waals surface area contributed by atoms with Crippen LogP contribution in [0.4, 0.5) is 11.5 Å². The highest BCUT2D eigenvalue weighted by atomic mass is 16.6. The lowest BCUT2D eigenvalue weighted by atomic mass is 9.84. The molecule has 114 valence electrons. The summed E-state index contributed by atoms with van der Waals surface area (Å²) < 4.78 is 5.00. The van der Waals surface area contributed by atoms with Crippen LogP contribution in [-0.2, 0) is 4.79 Å². The van der Waals surface area contributed by atoms with Crippen LogP contribution in [0.2, 0.25) is 0 Å². The molecule has 1 aromatic heterocycles. The number of nitro groups is 1. The number of anilines is 1. The lowest BCUT2D eigenvalue weighted by Gasteiger charge is -2.23. The Morgan fingerprint density at radius 1 is 1.62 bits per heavy atom. The van der Waals surface area contributed by atoms with Crippen LogP contribution in [0.25, 0.3) is 0 Å². The van der Waals surface area contributed by atoms with E-state index >= 15 is 0 Å². The Balaban J connectivity index is 2.38. The van der Waals surface area contributed by atoms with Crippen LogP contribution in [0, 0.1) is 15.5 Å². The summed E-state index contributed by atoms with van der Waals surface area (Å²) in [7, 11) is 1.43. The average molecular weight is 295 g/mol. The zero-order valence-corrected chi connectivity index (χ0v) is 11.9. The Bertz CT molecular complexity index is 577. The molecule has 1 saturated heterocycles. The van der Waals surface area contributed by atoms with Crippen LogP contribution in [-0.4, -0.2) is 41.2 Å². The smallest absolute Gasteiger partial charge is 0.311 e. The SMILES string of the molecule is CCC1(C(=O)O)CCN(c2nc(OC)ccc2[N+](=O)[O-])C1. The largest absolute Gasteiger partial charge is 0.481 e. The van der Waals surface area contributed by atoms with E-state index in [0.717, 1.165) is 0 Å². The number of aliphatic carboxylic acids is 1. The van der Waals surface area contributed by atoms with E-state index in [0.29, 0.717) is 19.4 Å². The number of hydrogen-bond acceptors (Lipinski definition) is 6. The van der Waals surface area contributed by atoms with Gasteiger partial charge in [0.25, 0.3) is 0 Å². The monoisotopic (exact) mass is 295 g/mol. The van der Waals surface area contributed by atoms with Gasteiger partial charge in [-0.15, -0.1) is 0 Å². The minimum Gasteiger partial charge on any atom is -0.481 e. The fourth-order valence-electron chi connectivity index (χ4n) is 2.58. The number of pyridine rings is 1. The van der Waals surface area contributed by atoms with Gasteiger partial charge in [0.15, 0.2) is 0 Å². The molecule has 0 radical (unpaired) electrons. The first-order valence-electron chi connectivity index (χ1n) is 6.61. The number of rotatable bonds is 5. The number of nitrogens with zero attached hydrogens (tertiary/aromatic N) is 3. The van der Waals surface area contributed by atoms with E-state index in [9.17, 15) is 20.0 Å². The number of carboxylic acid groups (broad SMARTS) is 1. The van der Waals surface area contributed by atoms with Crippen LogP contribution in [0.15, 0.2) is 12.1 Å². The first kappa shape index (κ1) is 15.0. The van der Waals surface area contributed by atoms with Crippen molar-refractivity contribution in [3.05, 3.63) is 22.2 Å². The maximum atomic E-state index is 11.5. The summed E-state index contributed by atoms with van der Waals surface area (Å²) in [6, 6.07) is 2.75. The summed E-state index contributed by atoms with van der Waals surface area (Å²) in [5, 5.41) is 20.5. The highest BCUT2D eigenvalue weighted by molar-refractivity contribution is 5.77. The van der Waals surface area contributed by atoms with E-state index in [-0.39, 0.29) is 23.9 Å². The summed E-state index contributed by atoms with van der Waals surface area (Å²) in [6.07, 6.45) is 0.908. The standard InChI is InChI=1S/C13H17N3O5/c1-3-13(12(17)18)6-7-15(8-13)11-9(16(19)20)4-5-10(14-11)21-2/h4-5H,3,6-8H2,1-2H3,(H,17,18). The fourth-order valence-corrected chi connectivity index (χ4v) is 2.58. The van der Waals surface area contributed by atoms with Gasteiger partial charge in [-0.2, -0.15) is 4.98 Å². The summed E-state index contributed by atoms with van der Waals surface area (Å²) in [6.45, 7) is 2.44. The molecule has 0 aromatic carbocycles. The Morgan fingerprint density at radius 2 is 2.33 bits per heavy atom. The molecular formula is C13H17N3O5. The van der Waals surface area contributed by atoms with Crippen molar-refractivity contribution in [3.63, 3.8) is 0 Å². The normalized spacial score (nSPS) is 21.3. The van der Waals surface area contributed by atoms with Gasteiger partial charge < -0.3 is 14.7 Å². The Morgan fingerprint density at radius 3 is 2.81 bits per heavy atom. The van der Waals surface area contributed by atoms with Gasteiger partial charge >= 0.3 is 11.7 Å². The molecule has 1 aliphatic heterocycles. The van der Waals surface area contributed by atoms with Crippen LogP contribution in [0.3, 0.4) is 0 Å². The topological polar surface area (TPSA) is 106 Å². The molecule has 0 saturated carbocycles. The van der Waals surface area contributed by atoms with Gasteiger partial charge in [-0.3, -0.25) is 14.9 Å². The van der Waals surface area contributed by atoms with E-state index in [4.69, 9.17) is 4.74 Å². The Kier molecular flexibility index (Phi) is 3.97. The number of ether oxygens (including phenoxy) is 1. The maximum absolute atomic E-state index is 11.5. The molecule has 1 unspecified atom stereocenters. The molecule has 0 spiro atoms. The lowest BCUT2D eigenvalue weighted by molar-refractivity contribution is -0.384. The molecule has 1 aromatic rings. The molecule has 8 nitrogen and oxygen atoms in total. The third kappa shape index (κ3) is 2.61. The Labute approximate surface area is 121 Å². The highest BCUT2D eigenvalue weighted by Gasteiger charge is 2.45. The molecule has 0 aliphatic carbocycles. The van der Waals surface area contributed by atoms with E-state index in [2.05, 4.69) is 4.98 Å². The Hall–Kier alpha value is -2.38. The molecular weight excluding hydrogens is 278 g/mol. The summed E-state index contributed by atoms with van der Waals surface area (Å²) in [5.74, 6) is -0.450. The molecule has 0 bridgehead atoms. The van der Waals surface area contributed by atoms with Crippen molar-refractivity contribution in [1.82, 2.24) is 4.98 Å². The predicted molar refractivity (Wildman–Crippen MR) is 74.6 cm³/mol. The second-order valence-electron chi connectivity index (χ2n) is 5.06. The predicted octanol–water partition coefficient (Wildman–Crippen LogP) is 1.69. The maximum Gasteiger partial charge on any atom is 0.311 e. The summed E-state index contributed by atoms with van der Waals surface area (Å²) >= 11 is 0. The van der Waals surface area contributed by atoms with Crippen LogP contribution in [0.1, 0.15) is 19.8 Å². The van der Waals surface area contributed by atoms with Gasteiger partial charge in [-0.05, 0) is 12.8 Å². The first-order chi connectivity index (χ1) is 9.93. The lowest BCUT2D eigenvalue weighted by Crippen LogP contribution is -2.34. The number of methoxy groups -OCH3 is 1. The molecule has 8 heteroatoms. The third-order valence-electron chi connectivity index (χ3n) is 4.02. The van der Waals surface area contributed by atoms with Crippen molar-refractivity contribution in [1.29, 1.82) is 0 Å². The van der Waals surface area contributed by atoms with E-state index < -0.39 is 16.3 Å². The van der Waals surface area contributed by atoms with Crippen molar-refractivity contribution in [3.8, 4) is 5.88 Å². The molecule has 1 atom stereocenters. The molecule has 21 heavy (non-hydrogen) atoms. The van der Waals surface area contributed by atoms with Gasteiger partial charge in [-0.1, -0.05) is 6.92 Å². The molecule has 2 rings (SSSR count). The summed E-state index contributed by atoms with van der Waals surface area (Å²) in [5.41, 5.74) is -1.02. The van der Waals surface area contributed by atoms with Crippen molar-refractivity contribution in [2.75, 3.05) is 25.1 Å². The number of carbonyl (C=O) groups is 1. The van der Waals surface area contributed by atoms with E-state index in [1.807, 2.05) is 6.92 Å². The van der Waals surface area contributed by atoms with Gasteiger partial charge in [0.1, 0.15) is 0 Å². The second kappa shape index (κ2) is 5.55. The van der Waals surface area contributed by atoms with Crippen LogP contribution in [0.5, 0.6) is 5.88 Å². The van der Waals surface area contributed by atoms with Crippen molar-refractivity contribution < 1.29 is 19.6 Å². The molecule has 1 N–H and O–H groups in total. The average Bonchev–Trinajstić information content (AvgIpc) is 2.92. The van der Waals surface area contributed by atoms with Crippen molar-refractivity contribution in [2.45, 2.75) is 19.8 Å². The van der Waals surface area contributed by atoms with Gasteiger partial charge in [0.05, 0.1) is 17.4 Å². The van der Waals surface area contributed by atoms with Crippen molar-refractivity contribution in [2.24, 2.45) is 5.41 Å². The molecule has 1 aliphatic rings. The van der Waals surface area contributed by atoms with E-state index in [1.165, 1.54) is 19.2 Å². The number of hydrogen-bond donors (Lipinski definition) is 1. The zero-order valence-electron chi connectivity index (χ0n) is 11.9. The van der Waals surface area contributed by atoms with Gasteiger partial charge in [-0.25, -0.2) is 0 Å². The van der Waals surface area contributed by atoms with Crippen LogP contribution < -0.4 is 9.64 Å². The second-order valence-corrected chi connectivity index (χ2v) is 5.06. The minimum absolute atomic E-state index is 0.145. The fraction of sp³-hybridized carbons (Fsp3) is 0.538. The third-order valence-corrected chi connectivity index (χ3v) is 4.02. The molecule has 2 heterocycles. The zero-order chi connectivity index (χ0) is 15.6. The quantitative estimate of drug-likeness (QED) is 0.650. The molecule has 0 amide bonds. The minimum atomic E-state index is -0.877. The van der Waals surface area contributed by atoms with E-state index in [1.54, 1.807) is 4.90 Å². The van der Waals surface area contributed by atoms with Gasteiger partial charge in [0, 0.05) is 25.2 Å². The highest BCUT2D eigenvalue weighted by Crippen LogP contribution is 2.39. The first-order valence-corrected chi connectivity index (χ1v) is 6.61. The molecule has 1 fully saturated rings. The number of aromatic nitrogens is 1. The van der Waals surface area contributed by atoms with Crippen molar-refractivity contribution >= 4 is 17.5 Å². The number of carboxylic acids is 1. The summed E-state index contributed by atoms with van der Waals surface area (Å²) in [4.78, 5) is 27.8. The van der Waals surface area contributed by atoms with Gasteiger partial charge in [0.2, 0.25) is 11.7 Å². The van der Waals surface area contributed by atoms with Crippen LogP contribution >= 0.6 is 0 Å².